The molecule has 0 atom stereocenters. The molecule has 0 aromatic rings. The van der Waals surface area contributed by atoms with Gasteiger partial charge in [-0.25, -0.2) is 0 Å². The molecule has 49 heavy (non-hydrogen) atoms. The number of hydrogen-bond acceptors (Lipinski definition) is 4. The molecule has 0 unspecified atom stereocenters. The van der Waals surface area contributed by atoms with E-state index >= 15 is 0 Å². The summed E-state index contributed by atoms with van der Waals surface area (Å²) in [5.41, 5.74) is 0. The topological polar surface area (TPSA) is 55.8 Å². The fourth-order valence-corrected chi connectivity index (χ4v) is 3.89. The predicted octanol–water partition coefficient (Wildman–Crippen LogP) is 11.1. The van der Waals surface area contributed by atoms with Crippen LogP contribution in [0.1, 0.15) is 232 Å². The number of nitrogens with zero attached hydrogens (tertiary/aromatic N) is 1. The Labute approximate surface area is 359 Å². The molecule has 0 aromatic heterocycles. The Morgan fingerprint density at radius 1 is 0.551 bits per heavy atom. The van der Waals surface area contributed by atoms with Crippen LogP contribution in [-0.4, -0.2) is 57.1 Å². The summed E-state index contributed by atoms with van der Waals surface area (Å²) in [6.07, 6.45) is 29.8. The minimum atomic E-state index is 0. The average Bonchev–Trinajstić information content (AvgIpc) is 3.10. The van der Waals surface area contributed by atoms with Crippen molar-refractivity contribution in [2.75, 3.05) is 47.1 Å². The standard InChI is InChI=1S/C15H32NO2.C12H25.C5H12.C4H10.C3H8.2C2H6.CH4O.K/c1-3-16(12-8-4-6-10-14-17)13-9-5-7-11-15-18-2;1-3-5-7-9-11-12-10-8-6-4-2;1-3-5-4-2;1-4(2)3;1-3-2;3*1-2;/h3-15H2,1-2H3;9H,3-8,10-12H2,1-2H3;3-5H2,1-2H3;4H,1-3H3;3H2,1-2H3;2*1-2H3;2H,1H3;/q2*-1;;;;;;;+1. The molecule has 0 aliphatic rings. The Hall–Kier alpha value is 1.48. The molecule has 304 valence electrons. The molecule has 4 nitrogen and oxygen atoms in total. The molecular formula is C44H103KNO3-. The Morgan fingerprint density at radius 3 is 1.24 bits per heavy atom. The second-order valence-corrected chi connectivity index (χ2v) is 12.4. The van der Waals surface area contributed by atoms with E-state index in [0.717, 1.165) is 39.0 Å². The summed E-state index contributed by atoms with van der Waals surface area (Å²) >= 11 is 0. The van der Waals surface area contributed by atoms with Crippen LogP contribution in [0.3, 0.4) is 0 Å². The van der Waals surface area contributed by atoms with Crippen molar-refractivity contribution in [1.82, 2.24) is 4.90 Å². The first kappa shape index (κ1) is 71.8. The molecule has 0 heterocycles. The summed E-state index contributed by atoms with van der Waals surface area (Å²) in [5, 5.41) is 17.3. The molecule has 0 bridgehead atoms. The maximum Gasteiger partial charge on any atom is 1.00 e. The van der Waals surface area contributed by atoms with Crippen molar-refractivity contribution >= 4 is 0 Å². The maximum atomic E-state index is 10.3. The van der Waals surface area contributed by atoms with Gasteiger partial charge in [0, 0.05) is 20.8 Å². The second-order valence-electron chi connectivity index (χ2n) is 12.4. The third-order valence-corrected chi connectivity index (χ3v) is 6.37. The molecule has 5 heteroatoms. The van der Waals surface area contributed by atoms with E-state index in [2.05, 4.69) is 80.6 Å². The molecule has 0 saturated heterocycles. The molecule has 0 spiro atoms. The van der Waals surface area contributed by atoms with Crippen LogP contribution in [0.25, 0.3) is 0 Å². The van der Waals surface area contributed by atoms with Gasteiger partial charge in [0.1, 0.15) is 0 Å². The van der Waals surface area contributed by atoms with Gasteiger partial charge in [0.2, 0.25) is 0 Å². The summed E-state index contributed by atoms with van der Waals surface area (Å²) in [6.45, 7) is 34.5. The van der Waals surface area contributed by atoms with Gasteiger partial charge in [0.05, 0.1) is 0 Å². The summed E-state index contributed by atoms with van der Waals surface area (Å²) in [7, 11) is 2.77. The van der Waals surface area contributed by atoms with Gasteiger partial charge in [-0.1, -0.05) is 200 Å². The summed E-state index contributed by atoms with van der Waals surface area (Å²) < 4.78 is 5.04. The molecular weight excluding hydrogens is 630 g/mol. The largest absolute Gasteiger partial charge is 1.00 e. The van der Waals surface area contributed by atoms with Crippen LogP contribution < -0.4 is 56.5 Å². The summed E-state index contributed by atoms with van der Waals surface area (Å²) in [5.74, 6) is 0.833. The number of hydrogen-bond donors (Lipinski definition) is 1. The minimum absolute atomic E-state index is 0. The predicted molar refractivity (Wildman–Crippen MR) is 226 cm³/mol. The van der Waals surface area contributed by atoms with Gasteiger partial charge >= 0.3 is 51.4 Å². The van der Waals surface area contributed by atoms with E-state index < -0.39 is 0 Å². The molecule has 0 aliphatic heterocycles. The van der Waals surface area contributed by atoms with Crippen molar-refractivity contribution in [2.45, 2.75) is 232 Å². The van der Waals surface area contributed by atoms with Crippen LogP contribution in [-0.2, 0) is 4.74 Å². The van der Waals surface area contributed by atoms with E-state index in [1.54, 1.807) is 7.11 Å². The van der Waals surface area contributed by atoms with Crippen molar-refractivity contribution < 1.29 is 66.3 Å². The third kappa shape index (κ3) is 128. The van der Waals surface area contributed by atoms with Crippen LogP contribution in [0.15, 0.2) is 0 Å². The van der Waals surface area contributed by atoms with Crippen LogP contribution >= 0.6 is 0 Å². The number of methoxy groups -OCH3 is 1. The zero-order valence-electron chi connectivity index (χ0n) is 38.3. The van der Waals surface area contributed by atoms with Crippen molar-refractivity contribution in [3.8, 4) is 0 Å². The zero-order valence-corrected chi connectivity index (χ0v) is 41.4. The number of aliphatic hydroxyl groups is 1. The number of unbranched alkanes of at least 4 members (excludes halogenated alkanes) is 17. The van der Waals surface area contributed by atoms with Crippen LogP contribution in [0.4, 0.5) is 0 Å². The second kappa shape index (κ2) is 92.4. The van der Waals surface area contributed by atoms with E-state index in [4.69, 9.17) is 9.84 Å². The van der Waals surface area contributed by atoms with E-state index in [9.17, 15) is 5.11 Å². The van der Waals surface area contributed by atoms with Gasteiger partial charge in [0.25, 0.3) is 0 Å². The van der Waals surface area contributed by atoms with E-state index in [-0.39, 0.29) is 58.0 Å². The van der Waals surface area contributed by atoms with Crippen LogP contribution in [0, 0.1) is 12.3 Å². The minimum Gasteiger partial charge on any atom is -0.854 e. The van der Waals surface area contributed by atoms with Crippen LogP contribution in [0.2, 0.25) is 0 Å². The molecule has 0 amide bonds. The maximum absolute atomic E-state index is 10.3. The number of ether oxygens (including phenoxy) is 1. The smallest absolute Gasteiger partial charge is 0.854 e. The van der Waals surface area contributed by atoms with Gasteiger partial charge in [-0.3, -0.25) is 0 Å². The summed E-state index contributed by atoms with van der Waals surface area (Å²) in [4.78, 5) is 2.54. The molecule has 0 radical (unpaired) electrons. The first-order chi connectivity index (χ1) is 23.3. The van der Waals surface area contributed by atoms with Crippen molar-refractivity contribution in [3.63, 3.8) is 0 Å². The molecule has 0 fully saturated rings. The molecule has 0 aliphatic carbocycles. The fraction of sp³-hybridized carbons (Fsp3) is 0.977. The summed E-state index contributed by atoms with van der Waals surface area (Å²) in [6, 6.07) is 0. The van der Waals surface area contributed by atoms with E-state index in [1.165, 1.54) is 135 Å². The van der Waals surface area contributed by atoms with Gasteiger partial charge in [-0.05, 0) is 44.8 Å². The Bertz CT molecular complexity index is 359. The van der Waals surface area contributed by atoms with Gasteiger partial charge in [-0.15, -0.1) is 6.61 Å². The van der Waals surface area contributed by atoms with Gasteiger partial charge < -0.3 is 26.3 Å². The average molecular weight is 733 g/mol. The van der Waals surface area contributed by atoms with Gasteiger partial charge in [-0.2, -0.15) is 12.8 Å². The third-order valence-electron chi connectivity index (χ3n) is 6.37. The van der Waals surface area contributed by atoms with E-state index in [0.29, 0.717) is 0 Å². The first-order valence-corrected chi connectivity index (χ1v) is 21.4. The molecule has 0 rings (SSSR count). The molecule has 1 N–H and O–H groups in total. The molecule has 0 aromatic carbocycles. The SMILES string of the molecule is CC.CC.CC(C)C.CCC.CCCCC.CCCC[CH-]CCCCCCC.CCN(CCCCCC[O-])CCCCCCOC.CO.[K+]. The normalized spacial score (nSPS) is 9.06. The van der Waals surface area contributed by atoms with Gasteiger partial charge in [0.15, 0.2) is 0 Å². The zero-order chi connectivity index (χ0) is 39.0. The Kier molecular flexibility index (Phi) is 135. The quantitative estimate of drug-likeness (QED) is 0.0577. The molecule has 0 saturated carbocycles. The fourth-order valence-electron chi connectivity index (χ4n) is 3.89. The van der Waals surface area contributed by atoms with Crippen LogP contribution in [0.5, 0.6) is 0 Å². The van der Waals surface area contributed by atoms with Crippen molar-refractivity contribution in [3.05, 3.63) is 6.42 Å². The first-order valence-electron chi connectivity index (χ1n) is 21.4. The number of rotatable bonds is 25. The van der Waals surface area contributed by atoms with E-state index in [1.807, 2.05) is 27.7 Å². The van der Waals surface area contributed by atoms with Crippen molar-refractivity contribution in [1.29, 1.82) is 0 Å². The monoisotopic (exact) mass is 733 g/mol. The number of aliphatic hydroxyl groups excluding tert-OH is 1. The van der Waals surface area contributed by atoms with Crippen molar-refractivity contribution in [2.24, 2.45) is 5.92 Å². The Morgan fingerprint density at radius 2 is 0.898 bits per heavy atom. The Balaban J connectivity index is -0.0000000635.